The largest absolute Gasteiger partial charge is 0.481 e. The highest BCUT2D eigenvalue weighted by Crippen LogP contribution is 2.18. The molecule has 0 amide bonds. The molecule has 0 saturated carbocycles. The van der Waals surface area contributed by atoms with E-state index in [1.165, 1.54) is 4.88 Å². The Balaban J connectivity index is 1.69. The van der Waals surface area contributed by atoms with Gasteiger partial charge < -0.3 is 15.2 Å². The van der Waals surface area contributed by atoms with Crippen molar-refractivity contribution in [3.63, 3.8) is 0 Å². The number of carboxylic acid groups (broad SMARTS) is 1. The van der Waals surface area contributed by atoms with Crippen molar-refractivity contribution in [3.8, 4) is 0 Å². The van der Waals surface area contributed by atoms with Crippen molar-refractivity contribution in [1.82, 2.24) is 5.32 Å². The number of carboxylic acids is 1. The highest BCUT2D eigenvalue weighted by molar-refractivity contribution is 7.12. The van der Waals surface area contributed by atoms with Gasteiger partial charge in [0.05, 0.1) is 6.42 Å². The van der Waals surface area contributed by atoms with Crippen LogP contribution in [0.25, 0.3) is 0 Å². The van der Waals surface area contributed by atoms with E-state index in [0.717, 1.165) is 49.9 Å². The predicted octanol–water partition coefficient (Wildman–Crippen LogP) is 1.89. The van der Waals surface area contributed by atoms with Crippen LogP contribution in [0.3, 0.4) is 0 Å². The number of aliphatic carboxylic acids is 1. The molecule has 1 aromatic rings. The van der Waals surface area contributed by atoms with E-state index in [2.05, 4.69) is 5.32 Å². The number of rotatable bonds is 6. The minimum atomic E-state index is -0.765. The number of thiophene rings is 1. The Morgan fingerprint density at radius 2 is 2.11 bits per heavy atom. The minimum Gasteiger partial charge on any atom is -0.481 e. The van der Waals surface area contributed by atoms with Crippen molar-refractivity contribution in [2.24, 2.45) is 5.92 Å². The van der Waals surface area contributed by atoms with Crippen LogP contribution in [0.1, 0.15) is 22.6 Å². The van der Waals surface area contributed by atoms with Gasteiger partial charge in [-0.25, -0.2) is 0 Å². The summed E-state index contributed by atoms with van der Waals surface area (Å²) >= 11 is 1.58. The maximum atomic E-state index is 10.6. The molecule has 1 fully saturated rings. The van der Waals surface area contributed by atoms with E-state index in [9.17, 15) is 4.79 Å². The monoisotopic (exact) mass is 269 g/mol. The predicted molar refractivity (Wildman–Crippen MR) is 70.9 cm³/mol. The molecular formula is C13H19NO3S. The van der Waals surface area contributed by atoms with Crippen molar-refractivity contribution in [2.45, 2.75) is 25.8 Å². The Kier molecular flexibility index (Phi) is 5.16. The highest BCUT2D eigenvalue weighted by atomic mass is 32.1. The molecule has 5 heteroatoms. The zero-order chi connectivity index (χ0) is 12.8. The Morgan fingerprint density at radius 3 is 2.83 bits per heavy atom. The highest BCUT2D eigenvalue weighted by Gasteiger charge is 2.13. The van der Waals surface area contributed by atoms with E-state index >= 15 is 0 Å². The average Bonchev–Trinajstić information content (AvgIpc) is 2.77. The number of carbonyl (C=O) groups is 1. The lowest BCUT2D eigenvalue weighted by molar-refractivity contribution is -0.136. The van der Waals surface area contributed by atoms with E-state index in [4.69, 9.17) is 9.84 Å². The summed E-state index contributed by atoms with van der Waals surface area (Å²) in [6, 6.07) is 3.92. The second-order valence-electron chi connectivity index (χ2n) is 4.63. The summed E-state index contributed by atoms with van der Waals surface area (Å²) in [5, 5.41) is 12.1. The van der Waals surface area contributed by atoms with Gasteiger partial charge in [0.15, 0.2) is 0 Å². The van der Waals surface area contributed by atoms with Gasteiger partial charge in [-0.2, -0.15) is 0 Å². The van der Waals surface area contributed by atoms with Gasteiger partial charge in [0.25, 0.3) is 0 Å². The molecule has 1 saturated heterocycles. The Morgan fingerprint density at radius 1 is 1.39 bits per heavy atom. The van der Waals surface area contributed by atoms with Gasteiger partial charge in [-0.3, -0.25) is 4.79 Å². The Hall–Kier alpha value is -0.910. The third-order valence-electron chi connectivity index (χ3n) is 3.12. The second-order valence-corrected chi connectivity index (χ2v) is 5.88. The SMILES string of the molecule is O=C(O)Cc1ccc(CNCC2CCOCC2)s1. The van der Waals surface area contributed by atoms with E-state index < -0.39 is 5.97 Å². The summed E-state index contributed by atoms with van der Waals surface area (Å²) in [4.78, 5) is 12.7. The molecular weight excluding hydrogens is 250 g/mol. The lowest BCUT2D eigenvalue weighted by Crippen LogP contribution is -2.27. The first-order valence-electron chi connectivity index (χ1n) is 6.32. The van der Waals surface area contributed by atoms with Crippen LogP contribution in [-0.4, -0.2) is 30.8 Å². The van der Waals surface area contributed by atoms with Crippen LogP contribution in [0.2, 0.25) is 0 Å². The molecule has 1 aliphatic rings. The van der Waals surface area contributed by atoms with E-state index in [0.29, 0.717) is 0 Å². The van der Waals surface area contributed by atoms with Gasteiger partial charge in [-0.1, -0.05) is 0 Å². The van der Waals surface area contributed by atoms with Crippen molar-refractivity contribution in [1.29, 1.82) is 0 Å². The topological polar surface area (TPSA) is 58.6 Å². The smallest absolute Gasteiger partial charge is 0.308 e. The fraction of sp³-hybridized carbons (Fsp3) is 0.615. The zero-order valence-corrected chi connectivity index (χ0v) is 11.2. The first-order valence-corrected chi connectivity index (χ1v) is 7.13. The molecule has 18 heavy (non-hydrogen) atoms. The Labute approximate surface area is 111 Å². The van der Waals surface area contributed by atoms with Gasteiger partial charge in [-0.05, 0) is 37.4 Å². The summed E-state index contributed by atoms with van der Waals surface area (Å²) in [5.41, 5.74) is 0. The summed E-state index contributed by atoms with van der Waals surface area (Å²) in [6.45, 7) is 3.62. The Bertz CT molecular complexity index is 385. The van der Waals surface area contributed by atoms with Crippen molar-refractivity contribution >= 4 is 17.3 Å². The van der Waals surface area contributed by atoms with Crippen LogP contribution in [0.5, 0.6) is 0 Å². The second kappa shape index (κ2) is 6.87. The van der Waals surface area contributed by atoms with Gasteiger partial charge >= 0.3 is 5.97 Å². The van der Waals surface area contributed by atoms with Crippen LogP contribution in [-0.2, 0) is 22.5 Å². The molecule has 0 spiro atoms. The third kappa shape index (κ3) is 4.40. The molecule has 1 aliphatic heterocycles. The average molecular weight is 269 g/mol. The van der Waals surface area contributed by atoms with Crippen molar-refractivity contribution in [2.75, 3.05) is 19.8 Å². The molecule has 2 rings (SSSR count). The maximum absolute atomic E-state index is 10.6. The zero-order valence-electron chi connectivity index (χ0n) is 10.4. The molecule has 0 radical (unpaired) electrons. The van der Waals surface area contributed by atoms with E-state index in [-0.39, 0.29) is 6.42 Å². The molecule has 0 bridgehead atoms. The van der Waals surface area contributed by atoms with Gasteiger partial charge in [0.1, 0.15) is 0 Å². The number of nitrogens with one attached hydrogen (secondary N) is 1. The fourth-order valence-corrected chi connectivity index (χ4v) is 3.09. The molecule has 0 aromatic carbocycles. The van der Waals surface area contributed by atoms with Crippen LogP contribution < -0.4 is 5.32 Å². The molecule has 0 atom stereocenters. The van der Waals surface area contributed by atoms with Crippen molar-refractivity contribution < 1.29 is 14.6 Å². The number of ether oxygens (including phenoxy) is 1. The molecule has 2 N–H and O–H groups in total. The van der Waals surface area contributed by atoms with Crippen LogP contribution >= 0.6 is 11.3 Å². The lowest BCUT2D eigenvalue weighted by atomic mass is 10.0. The normalized spacial score (nSPS) is 16.9. The van der Waals surface area contributed by atoms with Gasteiger partial charge in [0, 0.05) is 29.5 Å². The number of hydrogen-bond donors (Lipinski definition) is 2. The van der Waals surface area contributed by atoms with E-state index in [1.807, 2.05) is 12.1 Å². The summed E-state index contributed by atoms with van der Waals surface area (Å²) in [6.07, 6.45) is 2.41. The lowest BCUT2D eigenvalue weighted by Gasteiger charge is -2.22. The van der Waals surface area contributed by atoms with Crippen molar-refractivity contribution in [3.05, 3.63) is 21.9 Å². The fourth-order valence-electron chi connectivity index (χ4n) is 2.11. The quantitative estimate of drug-likeness (QED) is 0.828. The van der Waals surface area contributed by atoms with Crippen LogP contribution in [0.15, 0.2) is 12.1 Å². The summed E-state index contributed by atoms with van der Waals surface area (Å²) < 4.78 is 5.32. The van der Waals surface area contributed by atoms with Gasteiger partial charge in [-0.15, -0.1) is 11.3 Å². The standard InChI is InChI=1S/C13H19NO3S/c15-13(16)7-11-1-2-12(18-11)9-14-8-10-3-5-17-6-4-10/h1-2,10,14H,3-9H2,(H,15,16). The molecule has 1 aromatic heterocycles. The third-order valence-corrected chi connectivity index (χ3v) is 4.20. The molecule has 0 aliphatic carbocycles. The summed E-state index contributed by atoms with van der Waals surface area (Å²) in [7, 11) is 0. The molecule has 0 unspecified atom stereocenters. The summed E-state index contributed by atoms with van der Waals surface area (Å²) in [5.74, 6) is -0.0456. The van der Waals surface area contributed by atoms with Crippen LogP contribution in [0, 0.1) is 5.92 Å². The van der Waals surface area contributed by atoms with Crippen LogP contribution in [0.4, 0.5) is 0 Å². The molecule has 2 heterocycles. The van der Waals surface area contributed by atoms with E-state index in [1.54, 1.807) is 11.3 Å². The first kappa shape index (κ1) is 13.5. The number of hydrogen-bond acceptors (Lipinski definition) is 4. The molecule has 100 valence electrons. The maximum Gasteiger partial charge on any atom is 0.308 e. The first-order chi connectivity index (χ1) is 8.74. The van der Waals surface area contributed by atoms with Gasteiger partial charge in [0.2, 0.25) is 0 Å². The molecule has 4 nitrogen and oxygen atoms in total. The minimum absolute atomic E-state index is 0.130.